The number of para-hydroxylation sites is 2. The zero-order valence-corrected chi connectivity index (χ0v) is 35.1. The van der Waals surface area contributed by atoms with E-state index in [-0.39, 0.29) is 37.7 Å². The molecule has 2 spiro atoms. The number of benzene rings is 6. The first-order valence-corrected chi connectivity index (χ1v) is 21.8. The third-order valence-corrected chi connectivity index (χ3v) is 13.7. The Balaban J connectivity index is 0.832. The Morgan fingerprint density at radius 1 is 0.531 bits per heavy atom. The van der Waals surface area contributed by atoms with Gasteiger partial charge in [-0.1, -0.05) is 121 Å². The maximum atomic E-state index is 14.8. The molecule has 4 aliphatic rings. The van der Waals surface area contributed by atoms with E-state index in [0.29, 0.717) is 37.3 Å². The van der Waals surface area contributed by atoms with Crippen LogP contribution in [0.25, 0.3) is 22.3 Å². The molecule has 0 radical (unpaired) electrons. The second kappa shape index (κ2) is 16.5. The fraction of sp³-hybridized carbons (Fsp3) is 0.226. The largest absolute Gasteiger partial charge is 0.480 e. The highest BCUT2D eigenvalue weighted by molar-refractivity contribution is 6.14. The van der Waals surface area contributed by atoms with E-state index in [1.54, 1.807) is 9.80 Å². The topological polar surface area (TPSA) is 128 Å². The SMILES string of the molecule is O=C(O)CN1CCC2(CC1C(=O)OC(=O)CN1CCC3(CC1)C(=O)N(c1ccc(-c4ccccc4)cc1)c1ccccc13)C(=O)N(c1ccc(-c3ccccc3)cc1)c1ccccc12. The van der Waals surface area contributed by atoms with Crippen LogP contribution < -0.4 is 9.80 Å². The maximum Gasteiger partial charge on any atom is 0.331 e. The van der Waals surface area contributed by atoms with Crippen molar-refractivity contribution < 1.29 is 33.8 Å². The van der Waals surface area contributed by atoms with Crippen molar-refractivity contribution in [1.29, 1.82) is 0 Å². The molecule has 6 aromatic carbocycles. The molecule has 6 aromatic rings. The van der Waals surface area contributed by atoms with Crippen LogP contribution in [0.15, 0.2) is 158 Å². The zero-order chi connectivity index (χ0) is 44.0. The Hall–Kier alpha value is -7.21. The monoisotopic (exact) mass is 850 g/mol. The number of anilines is 4. The lowest BCUT2D eigenvalue weighted by Gasteiger charge is -2.42. The molecule has 2 atom stereocenters. The highest BCUT2D eigenvalue weighted by Gasteiger charge is 2.57. The van der Waals surface area contributed by atoms with Gasteiger partial charge in [-0.3, -0.25) is 38.8 Å². The second-order valence-corrected chi connectivity index (χ2v) is 17.2. The van der Waals surface area contributed by atoms with Gasteiger partial charge in [0, 0.05) is 31.0 Å². The Bertz CT molecular complexity index is 2770. The number of carboxylic acid groups (broad SMARTS) is 1. The number of hydrogen-bond acceptors (Lipinski definition) is 8. The number of hydrogen-bond donors (Lipinski definition) is 1. The fourth-order valence-electron chi connectivity index (χ4n) is 10.5. The van der Waals surface area contributed by atoms with Crippen LogP contribution in [0, 0.1) is 0 Å². The van der Waals surface area contributed by atoms with Crippen LogP contribution in [-0.4, -0.2) is 83.4 Å². The lowest BCUT2D eigenvalue weighted by molar-refractivity contribution is -0.166. The van der Waals surface area contributed by atoms with Crippen LogP contribution in [-0.2, 0) is 39.5 Å². The van der Waals surface area contributed by atoms with Gasteiger partial charge in [0.05, 0.1) is 35.3 Å². The van der Waals surface area contributed by atoms with E-state index in [1.807, 2.05) is 150 Å². The van der Waals surface area contributed by atoms with Crippen LogP contribution in [0.2, 0.25) is 0 Å². The summed E-state index contributed by atoms with van der Waals surface area (Å²) in [7, 11) is 0. The zero-order valence-electron chi connectivity index (χ0n) is 35.1. The summed E-state index contributed by atoms with van der Waals surface area (Å²) in [5.41, 5.74) is 6.98. The number of carboxylic acids is 1. The lowest BCUT2D eigenvalue weighted by atomic mass is 9.71. The van der Waals surface area contributed by atoms with Gasteiger partial charge < -0.3 is 9.84 Å². The van der Waals surface area contributed by atoms with Crippen molar-refractivity contribution in [2.45, 2.75) is 42.6 Å². The molecule has 0 aromatic heterocycles. The van der Waals surface area contributed by atoms with Gasteiger partial charge in [0.2, 0.25) is 11.8 Å². The molecular formula is C53H46N4O7. The van der Waals surface area contributed by atoms with E-state index in [2.05, 4.69) is 12.1 Å². The Kier molecular flexibility index (Phi) is 10.5. The van der Waals surface area contributed by atoms with Crippen molar-refractivity contribution >= 4 is 52.5 Å². The number of fused-ring (bicyclic) bond motifs is 4. The Morgan fingerprint density at radius 2 is 0.969 bits per heavy atom. The van der Waals surface area contributed by atoms with Crippen LogP contribution in [0.5, 0.6) is 0 Å². The molecule has 320 valence electrons. The van der Waals surface area contributed by atoms with E-state index >= 15 is 0 Å². The number of nitrogens with zero attached hydrogens (tertiary/aromatic N) is 4. The third-order valence-electron chi connectivity index (χ3n) is 13.7. The van der Waals surface area contributed by atoms with Gasteiger partial charge >= 0.3 is 17.9 Å². The summed E-state index contributed by atoms with van der Waals surface area (Å²) in [5, 5.41) is 9.86. The van der Waals surface area contributed by atoms with Gasteiger partial charge in [-0.2, -0.15) is 0 Å². The fourth-order valence-corrected chi connectivity index (χ4v) is 10.5. The second-order valence-electron chi connectivity index (χ2n) is 17.2. The van der Waals surface area contributed by atoms with E-state index in [0.717, 1.165) is 44.8 Å². The number of esters is 2. The van der Waals surface area contributed by atoms with Gasteiger partial charge in [-0.15, -0.1) is 0 Å². The molecule has 0 saturated carbocycles. The predicted molar refractivity (Wildman–Crippen MR) is 243 cm³/mol. The summed E-state index contributed by atoms with van der Waals surface area (Å²) in [4.78, 5) is 76.0. The van der Waals surface area contributed by atoms with Gasteiger partial charge in [-0.25, -0.2) is 4.79 Å². The van der Waals surface area contributed by atoms with Gasteiger partial charge in [-0.05, 0) is 95.5 Å². The number of likely N-dealkylation sites (tertiary alicyclic amines) is 2. The number of ether oxygens (including phenoxy) is 1. The summed E-state index contributed by atoms with van der Waals surface area (Å²) in [6.45, 7) is 0.305. The van der Waals surface area contributed by atoms with Crippen LogP contribution in [0.4, 0.5) is 22.7 Å². The van der Waals surface area contributed by atoms with Gasteiger partial charge in [0.15, 0.2) is 0 Å². The first kappa shape index (κ1) is 40.8. The van der Waals surface area contributed by atoms with Crippen molar-refractivity contribution in [1.82, 2.24) is 9.80 Å². The van der Waals surface area contributed by atoms with Crippen molar-refractivity contribution in [2.24, 2.45) is 0 Å². The number of aliphatic carboxylic acids is 1. The molecule has 1 N–H and O–H groups in total. The number of rotatable bonds is 9. The molecule has 2 unspecified atom stereocenters. The number of piperidine rings is 2. The molecule has 0 bridgehead atoms. The molecule has 2 saturated heterocycles. The summed E-state index contributed by atoms with van der Waals surface area (Å²) in [6, 6.07) is 50.0. The summed E-state index contributed by atoms with van der Waals surface area (Å²) >= 11 is 0. The minimum absolute atomic E-state index is 0.00545. The number of carbonyl (C=O) groups excluding carboxylic acids is 4. The summed E-state index contributed by atoms with van der Waals surface area (Å²) in [5.74, 6) is -3.01. The van der Waals surface area contributed by atoms with Crippen molar-refractivity contribution in [2.75, 3.05) is 42.5 Å². The standard InChI is InChI=1S/C53H46N4O7/c58-47(59)34-55-32-29-53(43-16-8-10-18-45(43)57(51(53)63)41-25-21-39(22-26-41)37-13-5-2-6-14-37)33-46(55)49(61)64-48(60)35-54-30-27-52(28-31-54)42-15-7-9-17-44(42)56(50(52)62)40-23-19-38(20-24-40)36-11-3-1-4-12-36/h1-26,46H,27-35H2,(H,58,59). The first-order chi connectivity index (χ1) is 31.1. The molecular weight excluding hydrogens is 805 g/mol. The number of carbonyl (C=O) groups is 5. The van der Waals surface area contributed by atoms with E-state index < -0.39 is 41.3 Å². The molecule has 2 amide bonds. The minimum atomic E-state index is -1.17. The molecule has 4 heterocycles. The predicted octanol–water partition coefficient (Wildman–Crippen LogP) is 8.27. The highest BCUT2D eigenvalue weighted by Crippen LogP contribution is 2.53. The molecule has 11 heteroatoms. The molecule has 0 aliphatic carbocycles. The highest BCUT2D eigenvalue weighted by atomic mass is 16.6. The van der Waals surface area contributed by atoms with Crippen molar-refractivity contribution in [3.63, 3.8) is 0 Å². The Morgan fingerprint density at radius 3 is 1.48 bits per heavy atom. The van der Waals surface area contributed by atoms with E-state index in [9.17, 15) is 29.1 Å². The first-order valence-electron chi connectivity index (χ1n) is 21.8. The van der Waals surface area contributed by atoms with Crippen LogP contribution in [0.3, 0.4) is 0 Å². The average Bonchev–Trinajstić information content (AvgIpc) is 3.71. The molecule has 4 aliphatic heterocycles. The quantitative estimate of drug-likeness (QED) is 0.113. The van der Waals surface area contributed by atoms with E-state index in [4.69, 9.17) is 4.74 Å². The van der Waals surface area contributed by atoms with Crippen LogP contribution in [0.1, 0.15) is 36.8 Å². The molecule has 64 heavy (non-hydrogen) atoms. The normalized spacial score (nSPS) is 20.3. The molecule has 11 nitrogen and oxygen atoms in total. The third kappa shape index (κ3) is 7.07. The molecule has 2 fully saturated rings. The maximum absolute atomic E-state index is 14.8. The number of amides is 2. The average molecular weight is 851 g/mol. The Labute approximate surface area is 371 Å². The van der Waals surface area contributed by atoms with Gasteiger partial charge in [0.25, 0.3) is 0 Å². The summed E-state index contributed by atoms with van der Waals surface area (Å²) in [6.07, 6.45) is 1.15. The van der Waals surface area contributed by atoms with Crippen LogP contribution >= 0.6 is 0 Å². The minimum Gasteiger partial charge on any atom is -0.480 e. The van der Waals surface area contributed by atoms with E-state index in [1.165, 1.54) is 4.90 Å². The van der Waals surface area contributed by atoms with Gasteiger partial charge in [0.1, 0.15) is 6.04 Å². The smallest absolute Gasteiger partial charge is 0.331 e. The van der Waals surface area contributed by atoms with Crippen molar-refractivity contribution in [3.8, 4) is 22.3 Å². The molecule has 10 rings (SSSR count). The van der Waals surface area contributed by atoms with Crippen molar-refractivity contribution in [3.05, 3.63) is 169 Å². The summed E-state index contributed by atoms with van der Waals surface area (Å²) < 4.78 is 5.55. The lowest BCUT2D eigenvalue weighted by Crippen LogP contribution is -2.57.